The number of carbonyl (C=O) groups is 1. The predicted molar refractivity (Wildman–Crippen MR) is 94.9 cm³/mol. The van der Waals surface area contributed by atoms with E-state index in [9.17, 15) is 4.79 Å². The van der Waals surface area contributed by atoms with E-state index in [1.807, 2.05) is 12.1 Å². The maximum absolute atomic E-state index is 12.7. The summed E-state index contributed by atoms with van der Waals surface area (Å²) in [4.78, 5) is 15.1. The number of nitrogens with one attached hydrogen (secondary N) is 1. The van der Waals surface area contributed by atoms with Crippen molar-refractivity contribution in [1.29, 1.82) is 0 Å². The minimum absolute atomic E-state index is 0.0417. The van der Waals surface area contributed by atoms with Crippen LogP contribution in [0, 0.1) is 0 Å². The Morgan fingerprint density at radius 3 is 2.91 bits per heavy atom. The molecule has 0 radical (unpaired) electrons. The van der Waals surface area contributed by atoms with Crippen molar-refractivity contribution in [2.75, 3.05) is 19.6 Å². The molecule has 1 aliphatic heterocycles. The van der Waals surface area contributed by atoms with Crippen molar-refractivity contribution in [3.05, 3.63) is 36.0 Å². The van der Waals surface area contributed by atoms with Gasteiger partial charge in [-0.05, 0) is 58.0 Å². The van der Waals surface area contributed by atoms with Crippen LogP contribution in [0.2, 0.25) is 0 Å². The summed E-state index contributed by atoms with van der Waals surface area (Å²) < 4.78 is 2.21. The molecule has 1 atom stereocenters. The summed E-state index contributed by atoms with van der Waals surface area (Å²) in [5, 5.41) is 4.19. The lowest BCUT2D eigenvalue weighted by Gasteiger charge is -2.23. The highest BCUT2D eigenvalue weighted by molar-refractivity contribution is 6.06. The molecule has 1 N–H and O–H groups in total. The highest BCUT2D eigenvalue weighted by atomic mass is 16.1. The summed E-state index contributed by atoms with van der Waals surface area (Å²) in [6, 6.07) is 8.92. The third kappa shape index (κ3) is 3.13. The van der Waals surface area contributed by atoms with Crippen LogP contribution in [0.1, 0.15) is 50.0 Å². The van der Waals surface area contributed by atoms with E-state index in [4.69, 9.17) is 0 Å². The molecule has 0 unspecified atom stereocenters. The molecule has 1 saturated heterocycles. The summed E-state index contributed by atoms with van der Waals surface area (Å²) in [6.45, 7) is 9.47. The van der Waals surface area contributed by atoms with Gasteiger partial charge in [-0.2, -0.15) is 0 Å². The Hall–Kier alpha value is -1.81. The van der Waals surface area contributed by atoms with Gasteiger partial charge >= 0.3 is 0 Å². The van der Waals surface area contributed by atoms with Gasteiger partial charge in [0.2, 0.25) is 0 Å². The van der Waals surface area contributed by atoms with Crippen molar-refractivity contribution in [1.82, 2.24) is 14.8 Å². The van der Waals surface area contributed by atoms with Gasteiger partial charge in [-0.25, -0.2) is 0 Å². The molecule has 1 amide bonds. The van der Waals surface area contributed by atoms with Crippen LogP contribution in [0.4, 0.5) is 0 Å². The number of likely N-dealkylation sites (N-methyl/N-ethyl adjacent to an activating group) is 1. The molecule has 0 aliphatic carbocycles. The first-order valence-corrected chi connectivity index (χ1v) is 8.73. The SMILES string of the molecule is CCN1CCC[C@H]1CNC(=O)c1cccc2c1ccn2C(C)C. The Kier molecular flexibility index (Phi) is 4.71. The normalized spacial score (nSPS) is 18.9. The van der Waals surface area contributed by atoms with E-state index in [-0.39, 0.29) is 5.91 Å². The van der Waals surface area contributed by atoms with Gasteiger partial charge in [0.25, 0.3) is 5.91 Å². The van der Waals surface area contributed by atoms with Gasteiger partial charge in [0.05, 0.1) is 0 Å². The van der Waals surface area contributed by atoms with E-state index < -0.39 is 0 Å². The van der Waals surface area contributed by atoms with Crippen LogP contribution < -0.4 is 5.32 Å². The number of carbonyl (C=O) groups excluding carboxylic acids is 1. The van der Waals surface area contributed by atoms with Crippen LogP contribution in [0.25, 0.3) is 10.9 Å². The molecule has 4 heteroatoms. The zero-order valence-electron chi connectivity index (χ0n) is 14.4. The fourth-order valence-electron chi connectivity index (χ4n) is 3.69. The molecule has 2 aromatic rings. The average Bonchev–Trinajstić information content (AvgIpc) is 3.18. The molecular formula is C19H27N3O. The van der Waals surface area contributed by atoms with Crippen molar-refractivity contribution < 1.29 is 4.79 Å². The number of likely N-dealkylation sites (tertiary alicyclic amines) is 1. The number of rotatable bonds is 5. The van der Waals surface area contributed by atoms with Gasteiger partial charge in [-0.1, -0.05) is 13.0 Å². The van der Waals surface area contributed by atoms with Gasteiger partial charge in [-0.15, -0.1) is 0 Å². The number of hydrogen-bond acceptors (Lipinski definition) is 2. The molecular weight excluding hydrogens is 286 g/mol. The molecule has 1 aromatic carbocycles. The maximum atomic E-state index is 12.7. The Morgan fingerprint density at radius 1 is 1.35 bits per heavy atom. The third-order valence-electron chi connectivity index (χ3n) is 4.97. The van der Waals surface area contributed by atoms with Gasteiger partial charge in [0.15, 0.2) is 0 Å². The molecule has 4 nitrogen and oxygen atoms in total. The first-order valence-electron chi connectivity index (χ1n) is 8.73. The molecule has 1 aromatic heterocycles. The fraction of sp³-hybridized carbons (Fsp3) is 0.526. The molecule has 23 heavy (non-hydrogen) atoms. The van der Waals surface area contributed by atoms with Crippen LogP contribution in [0.5, 0.6) is 0 Å². The smallest absolute Gasteiger partial charge is 0.252 e. The van der Waals surface area contributed by atoms with Gasteiger partial charge in [0.1, 0.15) is 0 Å². The highest BCUT2D eigenvalue weighted by Crippen LogP contribution is 2.23. The Bertz CT molecular complexity index is 689. The Morgan fingerprint density at radius 2 is 2.17 bits per heavy atom. The van der Waals surface area contributed by atoms with E-state index in [1.165, 1.54) is 12.8 Å². The van der Waals surface area contributed by atoms with Gasteiger partial charge < -0.3 is 9.88 Å². The first kappa shape index (κ1) is 16.1. The lowest BCUT2D eigenvalue weighted by Crippen LogP contribution is -2.40. The Balaban J connectivity index is 1.76. The quantitative estimate of drug-likeness (QED) is 0.918. The molecule has 0 saturated carbocycles. The minimum atomic E-state index is 0.0417. The monoisotopic (exact) mass is 313 g/mol. The summed E-state index contributed by atoms with van der Waals surface area (Å²) >= 11 is 0. The number of hydrogen-bond donors (Lipinski definition) is 1. The van der Waals surface area contributed by atoms with Crippen molar-refractivity contribution in [2.24, 2.45) is 0 Å². The topological polar surface area (TPSA) is 37.3 Å². The average molecular weight is 313 g/mol. The van der Waals surface area contributed by atoms with E-state index in [0.29, 0.717) is 12.1 Å². The van der Waals surface area contributed by atoms with E-state index in [0.717, 1.165) is 36.1 Å². The summed E-state index contributed by atoms with van der Waals surface area (Å²) in [7, 11) is 0. The van der Waals surface area contributed by atoms with E-state index >= 15 is 0 Å². The molecule has 2 heterocycles. The summed E-state index contributed by atoms with van der Waals surface area (Å²) in [5.74, 6) is 0.0417. The molecule has 0 bridgehead atoms. The predicted octanol–water partition coefficient (Wildman–Crippen LogP) is 3.44. The zero-order chi connectivity index (χ0) is 16.4. The van der Waals surface area contributed by atoms with E-state index in [1.54, 1.807) is 0 Å². The first-order chi connectivity index (χ1) is 11.1. The summed E-state index contributed by atoms with van der Waals surface area (Å²) in [6.07, 6.45) is 4.49. The second kappa shape index (κ2) is 6.75. The lowest BCUT2D eigenvalue weighted by atomic mass is 10.1. The van der Waals surface area contributed by atoms with Gasteiger partial charge in [-0.3, -0.25) is 9.69 Å². The molecule has 124 valence electrons. The minimum Gasteiger partial charge on any atom is -0.350 e. The second-order valence-corrected chi connectivity index (χ2v) is 6.69. The molecule has 1 aliphatic rings. The Labute approximate surface area is 138 Å². The van der Waals surface area contributed by atoms with Crippen LogP contribution in [-0.4, -0.2) is 41.1 Å². The van der Waals surface area contributed by atoms with Crippen molar-refractivity contribution in [3.8, 4) is 0 Å². The van der Waals surface area contributed by atoms with Crippen molar-refractivity contribution in [3.63, 3.8) is 0 Å². The number of aromatic nitrogens is 1. The largest absolute Gasteiger partial charge is 0.350 e. The maximum Gasteiger partial charge on any atom is 0.252 e. The highest BCUT2D eigenvalue weighted by Gasteiger charge is 2.23. The van der Waals surface area contributed by atoms with Crippen LogP contribution in [-0.2, 0) is 0 Å². The van der Waals surface area contributed by atoms with E-state index in [2.05, 4.69) is 53.9 Å². The standard InChI is InChI=1S/C19H27N3O/c1-4-21-11-6-7-15(21)13-20-19(23)17-8-5-9-18-16(17)10-12-22(18)14(2)3/h5,8-10,12,14-15H,4,6-7,11,13H2,1-3H3,(H,20,23)/t15-/m0/s1. The van der Waals surface area contributed by atoms with Crippen LogP contribution in [0.3, 0.4) is 0 Å². The molecule has 3 rings (SSSR count). The number of benzene rings is 1. The summed E-state index contributed by atoms with van der Waals surface area (Å²) in [5.41, 5.74) is 1.91. The van der Waals surface area contributed by atoms with Crippen molar-refractivity contribution >= 4 is 16.8 Å². The fourth-order valence-corrected chi connectivity index (χ4v) is 3.69. The number of amides is 1. The molecule has 0 spiro atoms. The molecule has 1 fully saturated rings. The van der Waals surface area contributed by atoms with Crippen LogP contribution in [0.15, 0.2) is 30.5 Å². The third-order valence-corrected chi connectivity index (χ3v) is 4.97. The number of nitrogens with zero attached hydrogens (tertiary/aromatic N) is 2. The van der Waals surface area contributed by atoms with Crippen LogP contribution >= 0.6 is 0 Å². The van der Waals surface area contributed by atoms with Crippen molar-refractivity contribution in [2.45, 2.75) is 45.7 Å². The second-order valence-electron chi connectivity index (χ2n) is 6.69. The number of fused-ring (bicyclic) bond motifs is 1. The van der Waals surface area contributed by atoms with Gasteiger partial charge in [0, 0.05) is 41.3 Å². The zero-order valence-corrected chi connectivity index (χ0v) is 14.4. The lowest BCUT2D eigenvalue weighted by molar-refractivity contribution is 0.0943.